The highest BCUT2D eigenvalue weighted by atomic mass is 19.1. The van der Waals surface area contributed by atoms with Crippen LogP contribution in [0.4, 0.5) is 10.1 Å². The summed E-state index contributed by atoms with van der Waals surface area (Å²) in [5.74, 6) is -7.09. The first kappa shape index (κ1) is 28.8. The summed E-state index contributed by atoms with van der Waals surface area (Å²) in [5, 5.41) is 18.8. The molecule has 2 aliphatic carbocycles. The molecule has 2 aromatic rings. The first-order valence-corrected chi connectivity index (χ1v) is 14.7. The van der Waals surface area contributed by atoms with Crippen molar-refractivity contribution in [2.24, 2.45) is 29.1 Å². The molecule has 4 amide bonds. The van der Waals surface area contributed by atoms with Gasteiger partial charge in [-0.1, -0.05) is 42.3 Å². The lowest BCUT2D eigenvalue weighted by atomic mass is 9.51. The number of hydrogen-bond acceptors (Lipinski definition) is 6. The molecular formula is C33H33FN2O7. The van der Waals surface area contributed by atoms with Crippen LogP contribution in [0.25, 0.3) is 0 Å². The highest BCUT2D eigenvalue weighted by Crippen LogP contribution is 2.63. The number of halogens is 1. The van der Waals surface area contributed by atoms with Crippen molar-refractivity contribution in [1.29, 1.82) is 0 Å². The van der Waals surface area contributed by atoms with Crippen LogP contribution in [0.1, 0.15) is 56.9 Å². The highest BCUT2D eigenvalue weighted by molar-refractivity contribution is 6.24. The van der Waals surface area contributed by atoms with Gasteiger partial charge in [0.2, 0.25) is 23.6 Å². The number of rotatable bonds is 8. The normalized spacial score (nSPS) is 29.8. The van der Waals surface area contributed by atoms with Gasteiger partial charge in [-0.15, -0.1) is 0 Å². The Morgan fingerprint density at radius 3 is 2.42 bits per heavy atom. The maximum atomic E-state index is 14.8. The minimum Gasteiger partial charge on any atom is -0.505 e. The summed E-state index contributed by atoms with van der Waals surface area (Å²) in [7, 11) is 0. The molecule has 3 fully saturated rings. The number of likely N-dealkylation sites (tertiary alicyclic amines) is 1. The molecule has 6 rings (SSSR count). The maximum Gasteiger partial charge on any atom is 0.303 e. The number of para-hydroxylation sites is 1. The van der Waals surface area contributed by atoms with E-state index in [-0.39, 0.29) is 37.6 Å². The van der Waals surface area contributed by atoms with Gasteiger partial charge >= 0.3 is 5.97 Å². The van der Waals surface area contributed by atoms with E-state index >= 15 is 0 Å². The number of phenols is 1. The highest BCUT2D eigenvalue weighted by Gasteiger charge is 2.67. The van der Waals surface area contributed by atoms with E-state index in [1.807, 2.05) is 6.08 Å². The Balaban J connectivity index is 1.38. The second-order valence-corrected chi connectivity index (χ2v) is 12.2. The summed E-state index contributed by atoms with van der Waals surface area (Å²) in [4.78, 5) is 68.9. The lowest BCUT2D eigenvalue weighted by molar-refractivity contribution is -0.141. The Bertz CT molecular complexity index is 1560. The van der Waals surface area contributed by atoms with Crippen LogP contribution in [0, 0.1) is 34.9 Å². The number of unbranched alkanes of at least 4 members (excludes halogenated alkanes) is 2. The first-order chi connectivity index (χ1) is 20.6. The number of anilines is 1. The van der Waals surface area contributed by atoms with E-state index < -0.39 is 64.4 Å². The van der Waals surface area contributed by atoms with Crippen LogP contribution in [0.2, 0.25) is 0 Å². The van der Waals surface area contributed by atoms with Crippen LogP contribution in [0.15, 0.2) is 60.2 Å². The Morgan fingerprint density at radius 1 is 0.977 bits per heavy atom. The molecule has 43 heavy (non-hydrogen) atoms. The van der Waals surface area contributed by atoms with Crippen LogP contribution >= 0.6 is 0 Å². The first-order valence-electron chi connectivity index (χ1n) is 14.7. The SMILES string of the molecule is CC12C(=O)N(c3ccccc3)C(=O)C1CC1C(=CCC3C(=O)N(CCCCCC(=O)O)C(=O)C31)C2c1ccc(O)c(F)c1. The quantitative estimate of drug-likeness (QED) is 0.265. The number of nitrogens with zero attached hydrogens (tertiary/aromatic N) is 2. The lowest BCUT2D eigenvalue weighted by Crippen LogP contribution is -2.48. The predicted octanol–water partition coefficient (Wildman–Crippen LogP) is 4.41. The van der Waals surface area contributed by atoms with Crippen molar-refractivity contribution in [2.45, 2.75) is 51.4 Å². The van der Waals surface area contributed by atoms with Gasteiger partial charge < -0.3 is 10.2 Å². The summed E-state index contributed by atoms with van der Waals surface area (Å²) in [6.45, 7) is 1.92. The van der Waals surface area contributed by atoms with E-state index in [9.17, 15) is 33.5 Å². The van der Waals surface area contributed by atoms with Crippen molar-refractivity contribution in [3.63, 3.8) is 0 Å². The summed E-state index contributed by atoms with van der Waals surface area (Å²) < 4.78 is 14.8. The van der Waals surface area contributed by atoms with E-state index in [0.717, 1.165) is 5.57 Å². The summed E-state index contributed by atoms with van der Waals surface area (Å²) in [5.41, 5.74) is 0.298. The number of carboxylic acids is 1. The van der Waals surface area contributed by atoms with Crippen LogP contribution in [0.3, 0.4) is 0 Å². The average Bonchev–Trinajstić information content (AvgIpc) is 3.34. The fraction of sp³-hybridized carbons (Fsp3) is 0.424. The van der Waals surface area contributed by atoms with E-state index in [1.54, 1.807) is 43.3 Å². The van der Waals surface area contributed by atoms with Crippen LogP contribution in [-0.2, 0) is 24.0 Å². The van der Waals surface area contributed by atoms with Crippen molar-refractivity contribution in [3.05, 3.63) is 71.6 Å². The molecule has 2 aliphatic heterocycles. The zero-order valence-corrected chi connectivity index (χ0v) is 23.7. The summed E-state index contributed by atoms with van der Waals surface area (Å²) in [6.07, 6.45) is 3.89. The molecule has 6 atom stereocenters. The average molecular weight is 589 g/mol. The number of hydrogen-bond donors (Lipinski definition) is 2. The number of benzene rings is 2. The van der Waals surface area contributed by atoms with Gasteiger partial charge in [0.05, 0.1) is 28.9 Å². The number of aliphatic carboxylic acids is 1. The van der Waals surface area contributed by atoms with E-state index in [1.165, 1.54) is 21.9 Å². The Morgan fingerprint density at radius 2 is 1.72 bits per heavy atom. The molecule has 2 saturated heterocycles. The van der Waals surface area contributed by atoms with Crippen LogP contribution < -0.4 is 4.90 Å². The van der Waals surface area contributed by atoms with Gasteiger partial charge in [0.25, 0.3) is 0 Å². The number of fused-ring (bicyclic) bond motifs is 4. The third kappa shape index (κ3) is 4.46. The van der Waals surface area contributed by atoms with Gasteiger partial charge in [-0.25, -0.2) is 9.29 Å². The molecule has 224 valence electrons. The van der Waals surface area contributed by atoms with E-state index in [2.05, 4.69) is 0 Å². The number of phenolic OH excluding ortho intramolecular Hbond substituents is 1. The second kappa shape index (κ2) is 10.7. The van der Waals surface area contributed by atoms with Gasteiger partial charge in [0.15, 0.2) is 11.6 Å². The molecule has 2 heterocycles. The van der Waals surface area contributed by atoms with E-state index in [4.69, 9.17) is 5.11 Å². The Kier molecular flexibility index (Phi) is 7.18. The zero-order valence-electron chi connectivity index (χ0n) is 23.7. The maximum absolute atomic E-state index is 14.8. The molecule has 0 bridgehead atoms. The molecule has 10 heteroatoms. The second-order valence-electron chi connectivity index (χ2n) is 12.2. The smallest absolute Gasteiger partial charge is 0.303 e. The zero-order chi connectivity index (χ0) is 30.6. The molecule has 2 N–H and O–H groups in total. The molecule has 0 radical (unpaired) electrons. The summed E-state index contributed by atoms with van der Waals surface area (Å²) in [6, 6.07) is 12.6. The molecule has 4 aliphatic rings. The van der Waals surface area contributed by atoms with Gasteiger partial charge in [0, 0.05) is 18.9 Å². The lowest BCUT2D eigenvalue weighted by Gasteiger charge is -2.49. The predicted molar refractivity (Wildman–Crippen MR) is 152 cm³/mol. The van der Waals surface area contributed by atoms with Crippen molar-refractivity contribution in [1.82, 2.24) is 4.90 Å². The van der Waals surface area contributed by atoms with Crippen LogP contribution in [0.5, 0.6) is 5.75 Å². The largest absolute Gasteiger partial charge is 0.505 e. The van der Waals surface area contributed by atoms with Gasteiger partial charge in [-0.2, -0.15) is 0 Å². The number of carboxylic acid groups (broad SMARTS) is 1. The Labute approximate surface area is 248 Å². The van der Waals surface area contributed by atoms with Gasteiger partial charge in [0.1, 0.15) is 0 Å². The minimum absolute atomic E-state index is 0.0225. The fourth-order valence-corrected chi connectivity index (χ4v) is 7.93. The number of carbonyl (C=O) groups is 5. The fourth-order valence-electron chi connectivity index (χ4n) is 7.93. The third-order valence-electron chi connectivity index (χ3n) is 9.96. The monoisotopic (exact) mass is 588 g/mol. The van der Waals surface area contributed by atoms with Crippen molar-refractivity contribution < 1.29 is 38.6 Å². The van der Waals surface area contributed by atoms with Crippen molar-refractivity contribution in [3.8, 4) is 5.75 Å². The standard InChI is InChI=1S/C33H33FN2O7/c1-33-23(30(41)36(32(33)43)19-8-4-2-5-9-19)17-22-20(28(33)18-11-14-25(37)24(34)16-18)12-13-21-27(22)31(42)35(29(21)40)15-7-3-6-10-26(38)39/h2,4-5,8-9,11-12,14,16,21-23,27-28,37H,3,6-7,10,13,15,17H2,1H3,(H,38,39). The third-order valence-corrected chi connectivity index (χ3v) is 9.96. The molecule has 9 nitrogen and oxygen atoms in total. The van der Waals surface area contributed by atoms with Crippen molar-refractivity contribution >= 4 is 35.3 Å². The molecule has 1 saturated carbocycles. The molecule has 0 aromatic heterocycles. The van der Waals surface area contributed by atoms with Gasteiger partial charge in [-0.3, -0.25) is 28.9 Å². The number of imide groups is 2. The minimum atomic E-state index is -1.29. The van der Waals surface area contributed by atoms with Crippen LogP contribution in [-0.4, -0.2) is 51.3 Å². The molecular weight excluding hydrogens is 555 g/mol. The van der Waals surface area contributed by atoms with E-state index in [0.29, 0.717) is 30.5 Å². The molecule has 6 unspecified atom stereocenters. The topological polar surface area (TPSA) is 132 Å². The van der Waals surface area contributed by atoms with Crippen molar-refractivity contribution in [2.75, 3.05) is 11.4 Å². The molecule has 0 spiro atoms. The summed E-state index contributed by atoms with van der Waals surface area (Å²) >= 11 is 0. The number of allylic oxidation sites excluding steroid dienone is 2. The molecule has 2 aromatic carbocycles. The number of carbonyl (C=O) groups excluding carboxylic acids is 4. The van der Waals surface area contributed by atoms with Gasteiger partial charge in [-0.05, 0) is 68.4 Å². The number of amides is 4. The number of aromatic hydroxyl groups is 1. The Hall–Kier alpha value is -4.34.